The Bertz CT molecular complexity index is 337. The quantitative estimate of drug-likeness (QED) is 0.795. The minimum absolute atomic E-state index is 0.217. The molecule has 1 unspecified atom stereocenters. The zero-order valence-electron chi connectivity index (χ0n) is 10.8. The van der Waals surface area contributed by atoms with Crippen molar-refractivity contribution in [2.45, 2.75) is 44.2 Å². The molecule has 0 radical (unpaired) electrons. The summed E-state index contributed by atoms with van der Waals surface area (Å²) in [5, 5.41) is 12.2. The van der Waals surface area contributed by atoms with Gasteiger partial charge >= 0.3 is 0 Å². The molecule has 1 saturated heterocycles. The van der Waals surface area contributed by atoms with E-state index in [1.54, 1.807) is 0 Å². The molecule has 0 aromatic carbocycles. The first-order valence-electron chi connectivity index (χ1n) is 6.58. The molecule has 1 N–H and O–H groups in total. The van der Waals surface area contributed by atoms with E-state index in [4.69, 9.17) is 9.47 Å². The number of amides is 1. The van der Waals surface area contributed by atoms with E-state index in [2.05, 4.69) is 18.3 Å². The monoisotopic (exact) mass is 252 g/mol. The summed E-state index contributed by atoms with van der Waals surface area (Å²) in [6.07, 6.45) is 2.85. The highest BCUT2D eigenvalue weighted by Crippen LogP contribution is 2.31. The number of rotatable bonds is 2. The molecule has 1 heterocycles. The first-order valence-corrected chi connectivity index (χ1v) is 6.58. The summed E-state index contributed by atoms with van der Waals surface area (Å²) in [6, 6.07) is 2.28. The Labute approximate surface area is 107 Å². The average molecular weight is 252 g/mol. The van der Waals surface area contributed by atoms with Gasteiger partial charge < -0.3 is 14.8 Å². The fourth-order valence-corrected chi connectivity index (χ4v) is 2.48. The summed E-state index contributed by atoms with van der Waals surface area (Å²) in [7, 11) is 0. The number of nitrogens with zero attached hydrogens (tertiary/aromatic N) is 1. The molecule has 0 aromatic heterocycles. The summed E-state index contributed by atoms with van der Waals surface area (Å²) in [5.74, 6) is 0.420. The van der Waals surface area contributed by atoms with Gasteiger partial charge in [0.25, 0.3) is 5.91 Å². The molecular weight excluding hydrogens is 232 g/mol. The van der Waals surface area contributed by atoms with Gasteiger partial charge in [-0.2, -0.15) is 5.26 Å². The van der Waals surface area contributed by atoms with Crippen LogP contribution < -0.4 is 5.32 Å². The molecule has 18 heavy (non-hydrogen) atoms. The topological polar surface area (TPSA) is 71.4 Å². The molecule has 2 fully saturated rings. The standard InChI is InChI=1S/C13H20N2O3/c1-10-2-4-13(9-14,5-3-10)15-12(16)11-8-17-6-7-18-11/h10-11H,2-8H2,1H3,(H,15,16). The number of nitrogens with one attached hydrogen (secondary N) is 1. The van der Waals surface area contributed by atoms with Crippen LogP contribution in [0.2, 0.25) is 0 Å². The lowest BCUT2D eigenvalue weighted by Crippen LogP contribution is -2.54. The normalized spacial score (nSPS) is 36.7. The third kappa shape index (κ3) is 3.01. The van der Waals surface area contributed by atoms with Crippen molar-refractivity contribution < 1.29 is 14.3 Å². The van der Waals surface area contributed by atoms with E-state index < -0.39 is 11.6 Å². The molecule has 2 rings (SSSR count). The molecule has 1 aliphatic carbocycles. The Hall–Kier alpha value is -1.12. The van der Waals surface area contributed by atoms with Gasteiger partial charge in [-0.1, -0.05) is 6.92 Å². The molecule has 100 valence electrons. The van der Waals surface area contributed by atoms with E-state index >= 15 is 0 Å². The van der Waals surface area contributed by atoms with Crippen LogP contribution in [0, 0.1) is 17.2 Å². The number of hydrogen-bond donors (Lipinski definition) is 1. The lowest BCUT2D eigenvalue weighted by atomic mass is 9.78. The van der Waals surface area contributed by atoms with E-state index in [1.807, 2.05) is 0 Å². The summed E-state index contributed by atoms with van der Waals surface area (Å²) >= 11 is 0. The van der Waals surface area contributed by atoms with Crippen LogP contribution in [-0.2, 0) is 14.3 Å². The van der Waals surface area contributed by atoms with Gasteiger partial charge in [0.05, 0.1) is 25.9 Å². The van der Waals surface area contributed by atoms with Gasteiger partial charge in [-0.3, -0.25) is 4.79 Å². The Morgan fingerprint density at radius 3 is 2.67 bits per heavy atom. The van der Waals surface area contributed by atoms with Crippen LogP contribution in [0.3, 0.4) is 0 Å². The van der Waals surface area contributed by atoms with Gasteiger partial charge in [0.2, 0.25) is 0 Å². The second-order valence-electron chi connectivity index (χ2n) is 5.30. The van der Waals surface area contributed by atoms with Crippen LogP contribution in [-0.4, -0.2) is 37.4 Å². The predicted molar refractivity (Wildman–Crippen MR) is 64.7 cm³/mol. The molecule has 1 atom stereocenters. The largest absolute Gasteiger partial charge is 0.376 e. The first kappa shape index (κ1) is 13.3. The molecule has 0 spiro atoms. The minimum atomic E-state index is -0.704. The zero-order chi connectivity index (χ0) is 13.0. The van der Waals surface area contributed by atoms with Gasteiger partial charge in [0, 0.05) is 0 Å². The highest BCUT2D eigenvalue weighted by atomic mass is 16.6. The van der Waals surface area contributed by atoms with Crippen molar-refractivity contribution in [3.8, 4) is 6.07 Å². The van der Waals surface area contributed by atoms with Crippen molar-refractivity contribution in [2.24, 2.45) is 5.92 Å². The summed E-state index contributed by atoms with van der Waals surface area (Å²) in [5.41, 5.74) is -0.704. The molecule has 1 saturated carbocycles. The van der Waals surface area contributed by atoms with Crippen molar-refractivity contribution in [1.82, 2.24) is 5.32 Å². The van der Waals surface area contributed by atoms with Crippen LogP contribution in [0.15, 0.2) is 0 Å². The van der Waals surface area contributed by atoms with Gasteiger partial charge in [-0.25, -0.2) is 0 Å². The van der Waals surface area contributed by atoms with E-state index in [9.17, 15) is 10.1 Å². The van der Waals surface area contributed by atoms with E-state index in [0.29, 0.717) is 19.1 Å². The van der Waals surface area contributed by atoms with Crippen LogP contribution in [0.1, 0.15) is 32.6 Å². The number of nitriles is 1. The first-order chi connectivity index (χ1) is 8.65. The maximum atomic E-state index is 12.0. The third-order valence-corrected chi connectivity index (χ3v) is 3.81. The van der Waals surface area contributed by atoms with Crippen LogP contribution in [0.5, 0.6) is 0 Å². The lowest BCUT2D eigenvalue weighted by molar-refractivity contribution is -0.149. The van der Waals surface area contributed by atoms with Crippen molar-refractivity contribution in [3.05, 3.63) is 0 Å². The third-order valence-electron chi connectivity index (χ3n) is 3.81. The van der Waals surface area contributed by atoms with Gasteiger partial charge in [-0.05, 0) is 31.6 Å². The molecular formula is C13H20N2O3. The molecule has 1 amide bonds. The molecule has 1 aliphatic heterocycles. The molecule has 5 nitrogen and oxygen atoms in total. The molecule has 2 aliphatic rings. The van der Waals surface area contributed by atoms with E-state index in [1.165, 1.54) is 0 Å². The highest BCUT2D eigenvalue weighted by molar-refractivity contribution is 5.82. The summed E-state index contributed by atoms with van der Waals surface area (Å²) in [4.78, 5) is 12.0. The molecule has 0 bridgehead atoms. The Kier molecular flexibility index (Phi) is 4.20. The highest BCUT2D eigenvalue weighted by Gasteiger charge is 2.37. The Morgan fingerprint density at radius 2 is 2.11 bits per heavy atom. The summed E-state index contributed by atoms with van der Waals surface area (Å²) < 4.78 is 10.6. The van der Waals surface area contributed by atoms with Gasteiger partial charge in [0.15, 0.2) is 6.10 Å². The maximum absolute atomic E-state index is 12.0. The lowest BCUT2D eigenvalue weighted by Gasteiger charge is -2.35. The second-order valence-corrected chi connectivity index (χ2v) is 5.30. The average Bonchev–Trinajstić information content (AvgIpc) is 2.43. The van der Waals surface area contributed by atoms with Gasteiger partial charge in [-0.15, -0.1) is 0 Å². The van der Waals surface area contributed by atoms with Crippen LogP contribution >= 0.6 is 0 Å². The molecule has 5 heteroatoms. The van der Waals surface area contributed by atoms with Crippen LogP contribution in [0.4, 0.5) is 0 Å². The number of ether oxygens (including phenoxy) is 2. The van der Waals surface area contributed by atoms with E-state index in [-0.39, 0.29) is 12.5 Å². The SMILES string of the molecule is CC1CCC(C#N)(NC(=O)C2COCCO2)CC1. The second kappa shape index (κ2) is 5.68. The smallest absolute Gasteiger partial charge is 0.252 e. The van der Waals surface area contributed by atoms with E-state index in [0.717, 1.165) is 25.7 Å². The Balaban J connectivity index is 1.93. The minimum Gasteiger partial charge on any atom is -0.376 e. The van der Waals surface area contributed by atoms with Crippen molar-refractivity contribution in [1.29, 1.82) is 5.26 Å². The number of hydrogen-bond acceptors (Lipinski definition) is 4. The molecule has 0 aromatic rings. The number of carbonyl (C=O) groups excluding carboxylic acids is 1. The Morgan fingerprint density at radius 1 is 1.39 bits per heavy atom. The predicted octanol–water partition coefficient (Wildman–Crippen LogP) is 0.990. The maximum Gasteiger partial charge on any atom is 0.252 e. The summed E-state index contributed by atoms with van der Waals surface area (Å²) in [6.45, 7) is 3.43. The van der Waals surface area contributed by atoms with Gasteiger partial charge in [0.1, 0.15) is 5.54 Å². The number of carbonyl (C=O) groups is 1. The van der Waals surface area contributed by atoms with Crippen molar-refractivity contribution in [3.63, 3.8) is 0 Å². The fraction of sp³-hybridized carbons (Fsp3) is 0.846. The zero-order valence-corrected chi connectivity index (χ0v) is 10.8. The fourth-order valence-electron chi connectivity index (χ4n) is 2.48. The van der Waals surface area contributed by atoms with Crippen molar-refractivity contribution >= 4 is 5.91 Å². The van der Waals surface area contributed by atoms with Crippen LogP contribution in [0.25, 0.3) is 0 Å². The van der Waals surface area contributed by atoms with Crippen molar-refractivity contribution in [2.75, 3.05) is 19.8 Å².